The van der Waals surface area contributed by atoms with Gasteiger partial charge in [0.25, 0.3) is 5.91 Å². The van der Waals surface area contributed by atoms with Crippen LogP contribution in [0.3, 0.4) is 0 Å². The largest absolute Gasteiger partial charge is 0.306 e. The molecule has 0 aromatic carbocycles. The van der Waals surface area contributed by atoms with E-state index in [1.807, 2.05) is 5.01 Å². The molecule has 1 unspecified atom stereocenters. The third-order valence-electron chi connectivity index (χ3n) is 3.31. The number of piperidine rings is 1. The number of hydrazine groups is 1. The van der Waals surface area contributed by atoms with Crippen molar-refractivity contribution in [1.29, 1.82) is 0 Å². The maximum Gasteiger partial charge on any atom is 0.254 e. The summed E-state index contributed by atoms with van der Waals surface area (Å²) in [5.74, 6) is 0.277. The fraction of sp³-hybridized carbons (Fsp3) is 0.909. The summed E-state index contributed by atoms with van der Waals surface area (Å²) in [4.78, 5) is 12.0. The minimum Gasteiger partial charge on any atom is -0.306 e. The fourth-order valence-electron chi connectivity index (χ4n) is 2.50. The minimum absolute atomic E-state index is 0.0666. The molecule has 0 saturated carbocycles. The van der Waals surface area contributed by atoms with Crippen molar-refractivity contribution in [1.82, 2.24) is 15.3 Å². The van der Waals surface area contributed by atoms with Gasteiger partial charge in [0, 0.05) is 19.6 Å². The summed E-state index contributed by atoms with van der Waals surface area (Å²) in [6.07, 6.45) is 4.74. The molecule has 1 N–H and O–H groups in total. The van der Waals surface area contributed by atoms with Crippen LogP contribution in [-0.4, -0.2) is 48.1 Å². The zero-order chi connectivity index (χ0) is 10.7. The molecule has 86 valence electrons. The number of nitrogens with one attached hydrogen (secondary N) is 1. The summed E-state index contributed by atoms with van der Waals surface area (Å²) in [5, 5.41) is 7.45. The van der Waals surface area contributed by atoms with Gasteiger partial charge in [0.05, 0.1) is 6.04 Å². The van der Waals surface area contributed by atoms with E-state index in [4.69, 9.17) is 0 Å². The quantitative estimate of drug-likeness (QED) is 0.742. The van der Waals surface area contributed by atoms with Gasteiger partial charge in [-0.05, 0) is 25.8 Å². The molecule has 0 radical (unpaired) electrons. The van der Waals surface area contributed by atoms with E-state index in [9.17, 15) is 4.79 Å². The first-order valence-electron chi connectivity index (χ1n) is 6.12. The third-order valence-corrected chi connectivity index (χ3v) is 3.31. The fourth-order valence-corrected chi connectivity index (χ4v) is 2.50. The van der Waals surface area contributed by atoms with Crippen LogP contribution in [0.1, 0.15) is 32.6 Å². The van der Waals surface area contributed by atoms with Crippen molar-refractivity contribution in [2.75, 3.05) is 26.2 Å². The van der Waals surface area contributed by atoms with Gasteiger partial charge in [0.2, 0.25) is 0 Å². The minimum atomic E-state index is 0.0666. The first-order chi connectivity index (χ1) is 7.33. The van der Waals surface area contributed by atoms with Crippen LogP contribution in [0.5, 0.6) is 0 Å². The lowest BCUT2D eigenvalue weighted by atomic mass is 10.2. The van der Waals surface area contributed by atoms with Gasteiger partial charge in [-0.1, -0.05) is 13.3 Å². The van der Waals surface area contributed by atoms with Gasteiger partial charge in [0.1, 0.15) is 0 Å². The smallest absolute Gasteiger partial charge is 0.254 e. The molecule has 2 heterocycles. The molecule has 0 spiro atoms. The van der Waals surface area contributed by atoms with E-state index in [0.29, 0.717) is 0 Å². The van der Waals surface area contributed by atoms with E-state index in [1.54, 1.807) is 0 Å². The molecule has 0 aromatic heterocycles. The average molecular weight is 211 g/mol. The number of hydrogen-bond acceptors (Lipinski definition) is 3. The predicted octanol–water partition coefficient (Wildman–Crippen LogP) is 0.598. The SMILES string of the molecule is CCNC1CCN(N2CCCCC2)C1=O. The Hall–Kier alpha value is -0.610. The number of likely N-dealkylation sites (N-methyl/N-ethyl adjacent to an activating group) is 1. The van der Waals surface area contributed by atoms with Crippen molar-refractivity contribution in [2.45, 2.75) is 38.6 Å². The van der Waals surface area contributed by atoms with Crippen LogP contribution < -0.4 is 5.32 Å². The molecule has 2 aliphatic heterocycles. The number of carbonyl (C=O) groups is 1. The lowest BCUT2D eigenvalue weighted by Crippen LogP contribution is -2.49. The molecule has 0 aromatic rings. The number of hydrogen-bond donors (Lipinski definition) is 1. The zero-order valence-electron chi connectivity index (χ0n) is 9.54. The van der Waals surface area contributed by atoms with Crippen LogP contribution in [0.25, 0.3) is 0 Å². The van der Waals surface area contributed by atoms with Gasteiger partial charge in [-0.25, -0.2) is 5.01 Å². The van der Waals surface area contributed by atoms with Gasteiger partial charge in [-0.2, -0.15) is 0 Å². The van der Waals surface area contributed by atoms with E-state index in [0.717, 1.165) is 32.6 Å². The van der Waals surface area contributed by atoms with Crippen LogP contribution in [-0.2, 0) is 4.79 Å². The van der Waals surface area contributed by atoms with Crippen molar-refractivity contribution in [3.05, 3.63) is 0 Å². The van der Waals surface area contributed by atoms with Crippen LogP contribution in [0.4, 0.5) is 0 Å². The highest BCUT2D eigenvalue weighted by Crippen LogP contribution is 2.18. The van der Waals surface area contributed by atoms with Crippen molar-refractivity contribution < 1.29 is 4.79 Å². The first kappa shape index (κ1) is 10.9. The van der Waals surface area contributed by atoms with Gasteiger partial charge in [0.15, 0.2) is 0 Å². The molecule has 1 atom stereocenters. The second kappa shape index (κ2) is 4.94. The third kappa shape index (κ3) is 2.32. The topological polar surface area (TPSA) is 35.6 Å². The predicted molar refractivity (Wildman–Crippen MR) is 59.2 cm³/mol. The molecule has 1 amide bonds. The maximum absolute atomic E-state index is 12.0. The van der Waals surface area contributed by atoms with Crippen molar-refractivity contribution in [3.8, 4) is 0 Å². The van der Waals surface area contributed by atoms with E-state index in [2.05, 4.69) is 17.2 Å². The highest BCUT2D eigenvalue weighted by molar-refractivity contribution is 5.83. The molecule has 0 aliphatic carbocycles. The summed E-state index contributed by atoms with van der Waals surface area (Å²) in [6.45, 7) is 5.95. The molecule has 2 saturated heterocycles. The van der Waals surface area contributed by atoms with E-state index in [-0.39, 0.29) is 11.9 Å². The number of rotatable bonds is 3. The lowest BCUT2D eigenvalue weighted by Gasteiger charge is -2.34. The summed E-state index contributed by atoms with van der Waals surface area (Å²) in [6, 6.07) is 0.0666. The zero-order valence-corrected chi connectivity index (χ0v) is 9.54. The molecule has 0 bridgehead atoms. The molecule has 4 nitrogen and oxygen atoms in total. The molecule has 4 heteroatoms. The van der Waals surface area contributed by atoms with Crippen molar-refractivity contribution in [2.24, 2.45) is 0 Å². The second-order valence-electron chi connectivity index (χ2n) is 4.37. The molecular formula is C11H21N3O. The Kier molecular flexibility index (Phi) is 3.59. The van der Waals surface area contributed by atoms with E-state index in [1.165, 1.54) is 19.3 Å². The van der Waals surface area contributed by atoms with Gasteiger partial charge < -0.3 is 5.32 Å². The van der Waals surface area contributed by atoms with Crippen molar-refractivity contribution >= 4 is 5.91 Å². The molecule has 15 heavy (non-hydrogen) atoms. The Morgan fingerprint density at radius 3 is 2.67 bits per heavy atom. The number of amides is 1. The molecule has 2 fully saturated rings. The van der Waals surface area contributed by atoms with Gasteiger partial charge >= 0.3 is 0 Å². The van der Waals surface area contributed by atoms with Crippen LogP contribution in [0.2, 0.25) is 0 Å². The maximum atomic E-state index is 12.0. The summed E-state index contributed by atoms with van der Waals surface area (Å²) in [5.41, 5.74) is 0. The molecule has 2 aliphatic rings. The highest BCUT2D eigenvalue weighted by atomic mass is 16.2. The lowest BCUT2D eigenvalue weighted by molar-refractivity contribution is -0.146. The normalized spacial score (nSPS) is 28.7. The number of nitrogens with zero attached hydrogens (tertiary/aromatic N) is 2. The van der Waals surface area contributed by atoms with Crippen LogP contribution in [0, 0.1) is 0 Å². The van der Waals surface area contributed by atoms with Gasteiger partial charge in [-0.15, -0.1) is 0 Å². The first-order valence-corrected chi connectivity index (χ1v) is 6.12. The Balaban J connectivity index is 1.90. The Bertz CT molecular complexity index is 226. The Labute approximate surface area is 91.6 Å². The van der Waals surface area contributed by atoms with Crippen LogP contribution >= 0.6 is 0 Å². The highest BCUT2D eigenvalue weighted by Gasteiger charge is 2.34. The molecular weight excluding hydrogens is 190 g/mol. The summed E-state index contributed by atoms with van der Waals surface area (Å²) in [7, 11) is 0. The standard InChI is InChI=1S/C11H21N3O/c1-2-12-10-6-9-14(11(10)15)13-7-4-3-5-8-13/h10,12H,2-9H2,1H3. The molecule has 2 rings (SSSR count). The monoisotopic (exact) mass is 211 g/mol. The average Bonchev–Trinajstić information content (AvgIpc) is 2.63. The van der Waals surface area contributed by atoms with Gasteiger partial charge in [-0.3, -0.25) is 9.80 Å². The Morgan fingerprint density at radius 2 is 2.00 bits per heavy atom. The number of carbonyl (C=O) groups excluding carboxylic acids is 1. The second-order valence-corrected chi connectivity index (χ2v) is 4.37. The summed E-state index contributed by atoms with van der Waals surface area (Å²) < 4.78 is 0. The van der Waals surface area contributed by atoms with E-state index < -0.39 is 0 Å². The van der Waals surface area contributed by atoms with E-state index >= 15 is 0 Å². The summed E-state index contributed by atoms with van der Waals surface area (Å²) >= 11 is 0. The van der Waals surface area contributed by atoms with Crippen LogP contribution in [0.15, 0.2) is 0 Å². The Morgan fingerprint density at radius 1 is 1.27 bits per heavy atom. The van der Waals surface area contributed by atoms with Crippen molar-refractivity contribution in [3.63, 3.8) is 0 Å².